The number of carbonyl (C=O) groups excluding carboxylic acids is 1. The van der Waals surface area contributed by atoms with Crippen molar-refractivity contribution in [3.8, 4) is 0 Å². The number of methoxy groups -OCH3 is 1. The molecule has 1 rings (SSSR count). The Hall–Kier alpha value is -1.35. The summed E-state index contributed by atoms with van der Waals surface area (Å²) in [6.45, 7) is 3.42. The lowest BCUT2D eigenvalue weighted by atomic mass is 10.1. The van der Waals surface area contributed by atoms with Gasteiger partial charge >= 0.3 is 5.97 Å². The molecular formula is C12H16O3. The molecule has 0 aliphatic carbocycles. The lowest BCUT2D eigenvalue weighted by molar-refractivity contribution is 0.0600. The van der Waals surface area contributed by atoms with E-state index < -0.39 is 0 Å². The summed E-state index contributed by atoms with van der Waals surface area (Å²) in [7, 11) is 1.38. The predicted molar refractivity (Wildman–Crippen MR) is 57.7 cm³/mol. The van der Waals surface area contributed by atoms with Gasteiger partial charge in [-0.2, -0.15) is 0 Å². The minimum atomic E-state index is -0.309. The second kappa shape index (κ2) is 6.19. The highest BCUT2D eigenvalue weighted by Crippen LogP contribution is 2.06. The number of hydrogen-bond donors (Lipinski definition) is 0. The van der Waals surface area contributed by atoms with Gasteiger partial charge in [-0.05, 0) is 24.1 Å². The summed E-state index contributed by atoms with van der Waals surface area (Å²) >= 11 is 0. The minimum Gasteiger partial charge on any atom is -0.465 e. The van der Waals surface area contributed by atoms with Crippen LogP contribution in [0.5, 0.6) is 0 Å². The zero-order valence-corrected chi connectivity index (χ0v) is 9.16. The fourth-order valence-corrected chi connectivity index (χ4v) is 1.19. The molecule has 0 N–H and O–H groups in total. The van der Waals surface area contributed by atoms with Crippen molar-refractivity contribution in [2.75, 3.05) is 13.7 Å². The maximum absolute atomic E-state index is 11.1. The monoisotopic (exact) mass is 208 g/mol. The van der Waals surface area contributed by atoms with Crippen LogP contribution < -0.4 is 0 Å². The Morgan fingerprint density at radius 1 is 1.27 bits per heavy atom. The molecule has 3 nitrogen and oxygen atoms in total. The number of rotatable bonds is 5. The largest absolute Gasteiger partial charge is 0.465 e. The summed E-state index contributed by atoms with van der Waals surface area (Å²) in [6, 6.07) is 7.25. The molecule has 0 saturated carbocycles. The molecule has 0 amide bonds. The van der Waals surface area contributed by atoms with Gasteiger partial charge in [-0.1, -0.05) is 19.1 Å². The van der Waals surface area contributed by atoms with Crippen LogP contribution in [0.4, 0.5) is 0 Å². The van der Waals surface area contributed by atoms with E-state index in [1.54, 1.807) is 12.1 Å². The fraction of sp³-hybridized carbons (Fsp3) is 0.417. The van der Waals surface area contributed by atoms with Gasteiger partial charge in [0.1, 0.15) is 0 Å². The first-order valence-corrected chi connectivity index (χ1v) is 5.03. The molecule has 0 bridgehead atoms. The zero-order chi connectivity index (χ0) is 11.1. The van der Waals surface area contributed by atoms with E-state index in [9.17, 15) is 4.79 Å². The standard InChI is InChI=1S/C12H16O3/c1-3-8-15-9-10-4-6-11(7-5-10)12(13)14-2/h4-7H,3,8-9H2,1-2H3. The van der Waals surface area contributed by atoms with Crippen LogP contribution in [0.3, 0.4) is 0 Å². The Morgan fingerprint density at radius 3 is 2.47 bits per heavy atom. The van der Waals surface area contributed by atoms with Crippen molar-refractivity contribution < 1.29 is 14.3 Å². The van der Waals surface area contributed by atoms with Crippen molar-refractivity contribution in [2.45, 2.75) is 20.0 Å². The van der Waals surface area contributed by atoms with Gasteiger partial charge in [-0.15, -0.1) is 0 Å². The molecule has 0 heterocycles. The van der Waals surface area contributed by atoms with Crippen LogP contribution in [0.15, 0.2) is 24.3 Å². The first-order chi connectivity index (χ1) is 7.27. The molecular weight excluding hydrogens is 192 g/mol. The van der Waals surface area contributed by atoms with E-state index in [4.69, 9.17) is 4.74 Å². The van der Waals surface area contributed by atoms with Gasteiger partial charge in [-0.25, -0.2) is 4.79 Å². The fourth-order valence-electron chi connectivity index (χ4n) is 1.19. The van der Waals surface area contributed by atoms with Crippen LogP contribution in [-0.2, 0) is 16.1 Å². The van der Waals surface area contributed by atoms with Crippen LogP contribution in [0.25, 0.3) is 0 Å². The highest BCUT2D eigenvalue weighted by atomic mass is 16.5. The van der Waals surface area contributed by atoms with E-state index in [0.29, 0.717) is 12.2 Å². The van der Waals surface area contributed by atoms with Crippen LogP contribution in [0, 0.1) is 0 Å². The second-order valence-corrected chi connectivity index (χ2v) is 3.24. The van der Waals surface area contributed by atoms with Crippen molar-refractivity contribution >= 4 is 5.97 Å². The van der Waals surface area contributed by atoms with Gasteiger partial charge in [0.2, 0.25) is 0 Å². The Morgan fingerprint density at radius 2 is 1.93 bits per heavy atom. The Balaban J connectivity index is 2.52. The molecule has 82 valence electrons. The molecule has 0 aliphatic heterocycles. The van der Waals surface area contributed by atoms with E-state index in [-0.39, 0.29) is 5.97 Å². The average Bonchev–Trinajstić information content (AvgIpc) is 2.29. The molecule has 3 heteroatoms. The van der Waals surface area contributed by atoms with Crippen molar-refractivity contribution in [1.29, 1.82) is 0 Å². The molecule has 0 aliphatic rings. The molecule has 0 aromatic heterocycles. The average molecular weight is 208 g/mol. The first kappa shape index (κ1) is 11.7. The molecule has 0 spiro atoms. The van der Waals surface area contributed by atoms with E-state index >= 15 is 0 Å². The molecule has 1 aromatic rings. The summed E-state index contributed by atoms with van der Waals surface area (Å²) in [5, 5.41) is 0. The summed E-state index contributed by atoms with van der Waals surface area (Å²) in [5.41, 5.74) is 1.63. The number of benzene rings is 1. The molecule has 15 heavy (non-hydrogen) atoms. The highest BCUT2D eigenvalue weighted by Gasteiger charge is 2.03. The molecule has 0 fully saturated rings. The SMILES string of the molecule is CCCOCc1ccc(C(=O)OC)cc1. The Bertz CT molecular complexity index is 303. The summed E-state index contributed by atoms with van der Waals surface area (Å²) in [6.07, 6.45) is 1.01. The third-order valence-corrected chi connectivity index (χ3v) is 1.99. The van der Waals surface area contributed by atoms with Gasteiger partial charge in [0.25, 0.3) is 0 Å². The van der Waals surface area contributed by atoms with E-state index in [1.165, 1.54) is 7.11 Å². The van der Waals surface area contributed by atoms with Crippen molar-refractivity contribution in [2.24, 2.45) is 0 Å². The predicted octanol–water partition coefficient (Wildman–Crippen LogP) is 2.40. The van der Waals surface area contributed by atoms with Crippen LogP contribution >= 0.6 is 0 Å². The molecule has 0 radical (unpaired) electrons. The Labute approximate surface area is 90.0 Å². The lowest BCUT2D eigenvalue weighted by Gasteiger charge is -2.03. The lowest BCUT2D eigenvalue weighted by Crippen LogP contribution is -2.01. The van der Waals surface area contributed by atoms with Gasteiger partial charge in [0, 0.05) is 6.61 Å². The first-order valence-electron chi connectivity index (χ1n) is 5.03. The molecule has 0 atom stereocenters. The van der Waals surface area contributed by atoms with Crippen molar-refractivity contribution in [3.05, 3.63) is 35.4 Å². The third-order valence-electron chi connectivity index (χ3n) is 1.99. The van der Waals surface area contributed by atoms with E-state index in [0.717, 1.165) is 18.6 Å². The number of hydrogen-bond acceptors (Lipinski definition) is 3. The Kier molecular flexibility index (Phi) is 4.84. The topological polar surface area (TPSA) is 35.5 Å². The normalized spacial score (nSPS) is 10.0. The van der Waals surface area contributed by atoms with Crippen LogP contribution in [0.1, 0.15) is 29.3 Å². The van der Waals surface area contributed by atoms with Crippen LogP contribution in [0.2, 0.25) is 0 Å². The summed E-state index contributed by atoms with van der Waals surface area (Å²) in [4.78, 5) is 11.1. The van der Waals surface area contributed by atoms with Gasteiger partial charge in [0.05, 0.1) is 19.3 Å². The number of esters is 1. The maximum atomic E-state index is 11.1. The zero-order valence-electron chi connectivity index (χ0n) is 9.16. The smallest absolute Gasteiger partial charge is 0.337 e. The maximum Gasteiger partial charge on any atom is 0.337 e. The third kappa shape index (κ3) is 3.72. The van der Waals surface area contributed by atoms with Crippen molar-refractivity contribution in [3.63, 3.8) is 0 Å². The molecule has 1 aromatic carbocycles. The van der Waals surface area contributed by atoms with Gasteiger partial charge in [-0.3, -0.25) is 0 Å². The van der Waals surface area contributed by atoms with E-state index in [1.807, 2.05) is 12.1 Å². The summed E-state index contributed by atoms with van der Waals surface area (Å²) in [5.74, 6) is -0.309. The van der Waals surface area contributed by atoms with Gasteiger partial charge < -0.3 is 9.47 Å². The number of ether oxygens (including phenoxy) is 2. The van der Waals surface area contributed by atoms with E-state index in [2.05, 4.69) is 11.7 Å². The summed E-state index contributed by atoms with van der Waals surface area (Å²) < 4.78 is 9.98. The molecule has 0 unspecified atom stereocenters. The number of carbonyl (C=O) groups is 1. The highest BCUT2D eigenvalue weighted by molar-refractivity contribution is 5.89. The van der Waals surface area contributed by atoms with Crippen molar-refractivity contribution in [1.82, 2.24) is 0 Å². The second-order valence-electron chi connectivity index (χ2n) is 3.24. The van der Waals surface area contributed by atoms with Crippen LogP contribution in [-0.4, -0.2) is 19.7 Å². The van der Waals surface area contributed by atoms with Gasteiger partial charge in [0.15, 0.2) is 0 Å². The quantitative estimate of drug-likeness (QED) is 0.550. The molecule has 0 saturated heterocycles. The minimum absolute atomic E-state index is 0.309.